The number of pyridine rings is 1. The first-order chi connectivity index (χ1) is 17.8. The van der Waals surface area contributed by atoms with Crippen LogP contribution in [0.1, 0.15) is 41.5 Å². The summed E-state index contributed by atoms with van der Waals surface area (Å²) in [6.07, 6.45) is 1.37. The van der Waals surface area contributed by atoms with Crippen molar-refractivity contribution >= 4 is 16.9 Å². The lowest BCUT2D eigenvalue weighted by Gasteiger charge is -2.16. The van der Waals surface area contributed by atoms with Crippen molar-refractivity contribution in [3.05, 3.63) is 114 Å². The molecular formula is C30H24F2N2O3. The fourth-order valence-corrected chi connectivity index (χ4v) is 4.62. The van der Waals surface area contributed by atoms with Crippen molar-refractivity contribution in [2.45, 2.75) is 26.4 Å². The Hall–Kier alpha value is -4.52. The summed E-state index contributed by atoms with van der Waals surface area (Å²) in [7, 11) is 0. The van der Waals surface area contributed by atoms with E-state index < -0.39 is 17.5 Å². The number of carboxylic acids is 1. The van der Waals surface area contributed by atoms with Gasteiger partial charge in [0.25, 0.3) is 0 Å². The van der Waals surface area contributed by atoms with Gasteiger partial charge in [-0.25, -0.2) is 18.6 Å². The Morgan fingerprint density at radius 2 is 1.73 bits per heavy atom. The maximum atomic E-state index is 14.8. The normalized spacial score (nSPS) is 11.3. The average molecular weight is 499 g/mol. The standard InChI is InChI=1S/C30H24F2N2O3/c1-18(2)29-26(20-15-23(32)28(30(35)36)33-16-20)27-24(34(29)22-13-11-21(31)12-14-22)9-6-10-25(27)37-17-19-7-4-3-5-8-19/h3-16,18H,17H2,1-2H3,(H,35,36). The van der Waals surface area contributed by atoms with Crippen LogP contribution in [-0.2, 0) is 6.61 Å². The first-order valence-corrected chi connectivity index (χ1v) is 11.8. The Kier molecular flexibility index (Phi) is 6.44. The summed E-state index contributed by atoms with van der Waals surface area (Å²) in [6.45, 7) is 4.35. The maximum Gasteiger partial charge on any atom is 0.357 e. The van der Waals surface area contributed by atoms with Crippen molar-refractivity contribution in [3.63, 3.8) is 0 Å². The predicted octanol–water partition coefficient (Wildman–Crippen LogP) is 7.37. The maximum absolute atomic E-state index is 14.8. The van der Waals surface area contributed by atoms with E-state index in [0.29, 0.717) is 23.5 Å². The quantitative estimate of drug-likeness (QED) is 0.254. The highest BCUT2D eigenvalue weighted by Crippen LogP contribution is 2.44. The first kappa shape index (κ1) is 24.2. The molecule has 0 saturated carbocycles. The van der Waals surface area contributed by atoms with Crippen LogP contribution < -0.4 is 4.74 Å². The van der Waals surface area contributed by atoms with Crippen molar-refractivity contribution in [1.29, 1.82) is 0 Å². The van der Waals surface area contributed by atoms with Crippen LogP contribution in [0.15, 0.2) is 85.1 Å². The van der Waals surface area contributed by atoms with Gasteiger partial charge in [-0.1, -0.05) is 50.2 Å². The Labute approximate surface area is 212 Å². The second-order valence-corrected chi connectivity index (χ2v) is 9.01. The summed E-state index contributed by atoms with van der Waals surface area (Å²) < 4.78 is 36.9. The molecule has 0 amide bonds. The number of nitrogens with zero attached hydrogens (tertiary/aromatic N) is 2. The number of aromatic carboxylic acids is 1. The van der Waals surface area contributed by atoms with Crippen molar-refractivity contribution in [3.8, 4) is 22.6 Å². The smallest absolute Gasteiger partial charge is 0.357 e. The van der Waals surface area contributed by atoms with Gasteiger partial charge in [-0.3, -0.25) is 0 Å². The minimum Gasteiger partial charge on any atom is -0.488 e. The third-order valence-corrected chi connectivity index (χ3v) is 6.19. The number of rotatable bonds is 7. The van der Waals surface area contributed by atoms with Gasteiger partial charge in [-0.2, -0.15) is 0 Å². The molecule has 2 aromatic heterocycles. The lowest BCUT2D eigenvalue weighted by Crippen LogP contribution is -2.05. The molecule has 186 valence electrons. The number of hydrogen-bond acceptors (Lipinski definition) is 3. The summed E-state index contributed by atoms with van der Waals surface area (Å²) in [4.78, 5) is 15.3. The van der Waals surface area contributed by atoms with Crippen LogP contribution in [0, 0.1) is 11.6 Å². The second kappa shape index (κ2) is 9.85. The van der Waals surface area contributed by atoms with E-state index in [4.69, 9.17) is 4.74 Å². The van der Waals surface area contributed by atoms with Crippen LogP contribution in [0.4, 0.5) is 8.78 Å². The van der Waals surface area contributed by atoms with Crippen LogP contribution in [0.2, 0.25) is 0 Å². The lowest BCUT2D eigenvalue weighted by atomic mass is 9.97. The van der Waals surface area contributed by atoms with Gasteiger partial charge >= 0.3 is 5.97 Å². The SMILES string of the molecule is CC(C)c1c(-c2cnc(C(=O)O)c(F)c2)c2c(OCc3ccccc3)cccc2n1-c1ccc(F)cc1. The number of halogens is 2. The highest BCUT2D eigenvalue weighted by atomic mass is 19.1. The molecule has 0 atom stereocenters. The van der Waals surface area contributed by atoms with E-state index in [0.717, 1.165) is 27.8 Å². The number of hydrogen-bond donors (Lipinski definition) is 1. The highest BCUT2D eigenvalue weighted by Gasteiger charge is 2.26. The molecule has 0 aliphatic heterocycles. The minimum absolute atomic E-state index is 0.0448. The van der Waals surface area contributed by atoms with Crippen molar-refractivity contribution < 1.29 is 23.4 Å². The Bertz CT molecular complexity index is 1590. The molecule has 1 N–H and O–H groups in total. The van der Waals surface area contributed by atoms with Crippen molar-refractivity contribution in [2.24, 2.45) is 0 Å². The molecule has 0 spiro atoms. The van der Waals surface area contributed by atoms with E-state index in [1.807, 2.05) is 66.9 Å². The molecule has 5 nitrogen and oxygen atoms in total. The molecule has 5 aromatic rings. The molecule has 0 aliphatic carbocycles. The van der Waals surface area contributed by atoms with Crippen LogP contribution in [-0.4, -0.2) is 20.6 Å². The van der Waals surface area contributed by atoms with Crippen molar-refractivity contribution in [1.82, 2.24) is 9.55 Å². The summed E-state index contributed by atoms with van der Waals surface area (Å²) in [5, 5.41) is 10.0. The largest absolute Gasteiger partial charge is 0.488 e. The molecule has 7 heteroatoms. The van der Waals surface area contributed by atoms with Gasteiger partial charge in [0.1, 0.15) is 18.2 Å². The zero-order valence-corrected chi connectivity index (χ0v) is 20.3. The van der Waals surface area contributed by atoms with E-state index in [1.54, 1.807) is 12.1 Å². The van der Waals surface area contributed by atoms with Crippen LogP contribution >= 0.6 is 0 Å². The third kappa shape index (κ3) is 4.56. The number of benzene rings is 3. The van der Waals surface area contributed by atoms with Crippen LogP contribution in [0.5, 0.6) is 5.75 Å². The molecule has 3 aromatic carbocycles. The molecule has 2 heterocycles. The number of carboxylic acid groups (broad SMARTS) is 1. The topological polar surface area (TPSA) is 64.3 Å². The molecule has 0 saturated heterocycles. The Morgan fingerprint density at radius 1 is 1.00 bits per heavy atom. The summed E-state index contributed by atoms with van der Waals surface area (Å²) in [6, 6.07) is 22.8. The fourth-order valence-electron chi connectivity index (χ4n) is 4.62. The molecule has 0 radical (unpaired) electrons. The van der Waals surface area contributed by atoms with Crippen molar-refractivity contribution in [2.75, 3.05) is 0 Å². The molecule has 0 bridgehead atoms. The van der Waals surface area contributed by atoms with Gasteiger partial charge in [0.15, 0.2) is 11.5 Å². The molecule has 0 unspecified atom stereocenters. The summed E-state index contributed by atoms with van der Waals surface area (Å²) in [5.41, 5.74) is 3.81. The second-order valence-electron chi connectivity index (χ2n) is 9.01. The van der Waals surface area contributed by atoms with Gasteiger partial charge < -0.3 is 14.4 Å². The predicted molar refractivity (Wildman–Crippen MR) is 138 cm³/mol. The molecule has 0 fully saturated rings. The van der Waals surface area contributed by atoms with E-state index in [9.17, 15) is 18.7 Å². The Balaban J connectivity index is 1.80. The van der Waals surface area contributed by atoms with Crippen LogP contribution in [0.25, 0.3) is 27.7 Å². The number of carbonyl (C=O) groups is 1. The Morgan fingerprint density at radius 3 is 2.38 bits per heavy atom. The molecule has 0 aliphatic rings. The van der Waals surface area contributed by atoms with Crippen LogP contribution in [0.3, 0.4) is 0 Å². The van der Waals surface area contributed by atoms with Gasteiger partial charge in [0.05, 0.1) is 10.9 Å². The van der Waals surface area contributed by atoms with E-state index >= 15 is 0 Å². The monoisotopic (exact) mass is 498 g/mol. The van der Waals surface area contributed by atoms with E-state index in [-0.39, 0.29) is 11.7 Å². The molecular weight excluding hydrogens is 474 g/mol. The van der Waals surface area contributed by atoms with Gasteiger partial charge in [-0.05, 0) is 53.9 Å². The van der Waals surface area contributed by atoms with E-state index in [2.05, 4.69) is 4.98 Å². The first-order valence-electron chi connectivity index (χ1n) is 11.8. The lowest BCUT2D eigenvalue weighted by molar-refractivity contribution is 0.0685. The molecule has 37 heavy (non-hydrogen) atoms. The third-order valence-electron chi connectivity index (χ3n) is 6.19. The van der Waals surface area contributed by atoms with Gasteiger partial charge in [0, 0.05) is 28.7 Å². The minimum atomic E-state index is -1.44. The van der Waals surface area contributed by atoms with Gasteiger partial charge in [0.2, 0.25) is 0 Å². The van der Waals surface area contributed by atoms with E-state index in [1.165, 1.54) is 24.4 Å². The zero-order chi connectivity index (χ0) is 26.1. The average Bonchev–Trinajstić information content (AvgIpc) is 3.24. The fraction of sp³-hybridized carbons (Fsp3) is 0.133. The zero-order valence-electron chi connectivity index (χ0n) is 20.3. The molecule has 5 rings (SSSR count). The number of aromatic nitrogens is 2. The number of ether oxygens (including phenoxy) is 1. The highest BCUT2D eigenvalue weighted by molar-refractivity contribution is 6.03. The number of fused-ring (bicyclic) bond motifs is 1. The summed E-state index contributed by atoms with van der Waals surface area (Å²) in [5.74, 6) is -2.17. The summed E-state index contributed by atoms with van der Waals surface area (Å²) >= 11 is 0. The van der Waals surface area contributed by atoms with Gasteiger partial charge in [-0.15, -0.1) is 0 Å².